The summed E-state index contributed by atoms with van der Waals surface area (Å²) in [6, 6.07) is 1.44. The van der Waals surface area contributed by atoms with E-state index in [1.165, 1.54) is 17.1 Å². The van der Waals surface area contributed by atoms with Gasteiger partial charge >= 0.3 is 0 Å². The number of thiazole rings is 1. The predicted octanol–water partition coefficient (Wildman–Crippen LogP) is 2.30. The summed E-state index contributed by atoms with van der Waals surface area (Å²) < 4.78 is 0. The highest BCUT2D eigenvalue weighted by atomic mass is 32.1. The number of rotatable bonds is 3. The van der Waals surface area contributed by atoms with Crippen molar-refractivity contribution >= 4 is 17.2 Å². The third kappa shape index (κ3) is 2.97. The van der Waals surface area contributed by atoms with Crippen LogP contribution in [-0.2, 0) is 6.42 Å². The average Bonchev–Trinajstić information content (AvgIpc) is 2.85. The van der Waals surface area contributed by atoms with Gasteiger partial charge in [0.25, 0.3) is 5.91 Å². The molecule has 0 unspecified atom stereocenters. The van der Waals surface area contributed by atoms with Crippen molar-refractivity contribution in [3.05, 3.63) is 49.3 Å². The first-order chi connectivity index (χ1) is 10.5. The summed E-state index contributed by atoms with van der Waals surface area (Å²) in [6.45, 7) is 4.39. The molecule has 0 spiro atoms. The highest BCUT2D eigenvalue weighted by Crippen LogP contribution is 2.34. The molecule has 1 amide bonds. The number of hydrogen-bond acceptors (Lipinski definition) is 4. The van der Waals surface area contributed by atoms with Crippen molar-refractivity contribution in [2.24, 2.45) is 0 Å². The summed E-state index contributed by atoms with van der Waals surface area (Å²) in [5.74, 6) is 0.147. The molecular weight excluding hydrogens is 298 g/mol. The second-order valence-electron chi connectivity index (χ2n) is 5.73. The molecule has 22 heavy (non-hydrogen) atoms. The summed E-state index contributed by atoms with van der Waals surface area (Å²) in [7, 11) is 0. The molecular formula is C16H19N3O2S. The zero-order valence-corrected chi connectivity index (χ0v) is 13.5. The van der Waals surface area contributed by atoms with Gasteiger partial charge in [0.2, 0.25) is 5.56 Å². The van der Waals surface area contributed by atoms with E-state index in [0.717, 1.165) is 30.0 Å². The van der Waals surface area contributed by atoms with E-state index in [2.05, 4.69) is 15.3 Å². The number of carbonyl (C=O) groups excluding carboxylic acids is 1. The van der Waals surface area contributed by atoms with E-state index in [1.807, 2.05) is 6.92 Å². The van der Waals surface area contributed by atoms with Gasteiger partial charge in [0, 0.05) is 29.6 Å². The van der Waals surface area contributed by atoms with Crippen LogP contribution in [0.1, 0.15) is 50.3 Å². The first-order valence-corrected chi connectivity index (χ1v) is 8.30. The van der Waals surface area contributed by atoms with E-state index in [9.17, 15) is 9.59 Å². The molecule has 0 aliphatic heterocycles. The van der Waals surface area contributed by atoms with Crippen LogP contribution in [0.5, 0.6) is 0 Å². The molecule has 1 atom stereocenters. The van der Waals surface area contributed by atoms with Crippen molar-refractivity contribution in [3.63, 3.8) is 0 Å². The highest BCUT2D eigenvalue weighted by Gasteiger charge is 2.24. The third-order valence-corrected chi connectivity index (χ3v) is 5.11. The van der Waals surface area contributed by atoms with Crippen LogP contribution in [0, 0.1) is 13.8 Å². The second kappa shape index (κ2) is 6.04. The lowest BCUT2D eigenvalue weighted by Crippen LogP contribution is -2.31. The number of nitrogens with zero attached hydrogens (tertiary/aromatic N) is 1. The molecule has 0 fully saturated rings. The molecule has 0 saturated heterocycles. The number of aromatic nitrogens is 2. The van der Waals surface area contributed by atoms with Crippen LogP contribution in [-0.4, -0.2) is 22.4 Å². The number of aryl methyl sites for hydroxylation is 3. The maximum Gasteiger partial charge on any atom is 0.253 e. The molecule has 0 saturated carbocycles. The van der Waals surface area contributed by atoms with Gasteiger partial charge in [-0.05, 0) is 38.7 Å². The van der Waals surface area contributed by atoms with Crippen molar-refractivity contribution in [2.45, 2.75) is 39.0 Å². The third-order valence-electron chi connectivity index (χ3n) is 4.06. The number of aromatic amines is 1. The number of amides is 1. The molecule has 116 valence electrons. The number of fused-ring (bicyclic) bond motifs is 1. The lowest BCUT2D eigenvalue weighted by atomic mass is 9.91. The van der Waals surface area contributed by atoms with Crippen molar-refractivity contribution < 1.29 is 4.79 Å². The molecule has 1 aliphatic rings. The Morgan fingerprint density at radius 3 is 3.09 bits per heavy atom. The van der Waals surface area contributed by atoms with Crippen molar-refractivity contribution in [3.8, 4) is 0 Å². The Labute approximate surface area is 132 Å². The Bertz CT molecular complexity index is 763. The molecule has 2 heterocycles. The zero-order valence-electron chi connectivity index (χ0n) is 12.7. The van der Waals surface area contributed by atoms with Gasteiger partial charge in [-0.15, -0.1) is 11.3 Å². The summed E-state index contributed by atoms with van der Waals surface area (Å²) in [5.41, 5.74) is 2.18. The van der Waals surface area contributed by atoms with Gasteiger partial charge in [0.05, 0.1) is 16.3 Å². The van der Waals surface area contributed by atoms with Crippen LogP contribution in [0.3, 0.4) is 0 Å². The molecule has 6 heteroatoms. The van der Waals surface area contributed by atoms with Crippen LogP contribution in [0.2, 0.25) is 0 Å². The van der Waals surface area contributed by atoms with E-state index >= 15 is 0 Å². The first kappa shape index (κ1) is 15.0. The summed E-state index contributed by atoms with van der Waals surface area (Å²) in [5, 5.41) is 4.08. The lowest BCUT2D eigenvalue weighted by Gasteiger charge is -2.21. The van der Waals surface area contributed by atoms with Gasteiger partial charge in [-0.1, -0.05) is 0 Å². The van der Waals surface area contributed by atoms with Gasteiger partial charge in [0.15, 0.2) is 0 Å². The number of pyridine rings is 1. The van der Waals surface area contributed by atoms with E-state index < -0.39 is 0 Å². The van der Waals surface area contributed by atoms with Crippen LogP contribution in [0.4, 0.5) is 0 Å². The Morgan fingerprint density at radius 2 is 2.32 bits per heavy atom. The Morgan fingerprint density at radius 1 is 1.50 bits per heavy atom. The van der Waals surface area contributed by atoms with Gasteiger partial charge in [-0.25, -0.2) is 4.98 Å². The average molecular weight is 317 g/mol. The Kier molecular flexibility index (Phi) is 4.11. The first-order valence-electron chi connectivity index (χ1n) is 7.48. The molecule has 2 N–H and O–H groups in total. The van der Waals surface area contributed by atoms with Crippen molar-refractivity contribution in [1.29, 1.82) is 0 Å². The highest BCUT2D eigenvalue weighted by molar-refractivity contribution is 7.11. The monoisotopic (exact) mass is 317 g/mol. The van der Waals surface area contributed by atoms with Crippen LogP contribution in [0.15, 0.2) is 17.1 Å². The molecule has 3 rings (SSSR count). The van der Waals surface area contributed by atoms with E-state index in [-0.39, 0.29) is 11.5 Å². The van der Waals surface area contributed by atoms with Gasteiger partial charge in [-0.3, -0.25) is 9.59 Å². The number of H-pyrrole nitrogens is 1. The molecule has 0 bridgehead atoms. The fourth-order valence-electron chi connectivity index (χ4n) is 2.96. The van der Waals surface area contributed by atoms with Gasteiger partial charge < -0.3 is 10.3 Å². The topological polar surface area (TPSA) is 74.8 Å². The molecule has 0 radical (unpaired) electrons. The standard InChI is InChI=1S/C16H19N3O2S/c1-9-6-14(20)17-8-12(9)16(21)18-7-11-4-3-5-13-15(11)19-10(2)22-13/h6,8,11H,3-5,7H2,1-2H3,(H,17,20)(H,18,21)/t11-/m0/s1. The fourth-order valence-corrected chi connectivity index (χ4v) is 4.02. The van der Waals surface area contributed by atoms with Crippen LogP contribution < -0.4 is 10.9 Å². The maximum atomic E-state index is 12.3. The zero-order chi connectivity index (χ0) is 15.7. The quantitative estimate of drug-likeness (QED) is 0.912. The Hall–Kier alpha value is -1.95. The van der Waals surface area contributed by atoms with Gasteiger partial charge in [0.1, 0.15) is 0 Å². The molecule has 0 aromatic carbocycles. The summed E-state index contributed by atoms with van der Waals surface area (Å²) in [6.07, 6.45) is 4.78. The van der Waals surface area contributed by atoms with E-state index in [4.69, 9.17) is 0 Å². The minimum Gasteiger partial charge on any atom is -0.351 e. The van der Waals surface area contributed by atoms with Crippen molar-refractivity contribution in [1.82, 2.24) is 15.3 Å². The maximum absolute atomic E-state index is 12.3. The molecule has 1 aliphatic carbocycles. The van der Waals surface area contributed by atoms with Crippen LogP contribution in [0.25, 0.3) is 0 Å². The van der Waals surface area contributed by atoms with Crippen molar-refractivity contribution in [2.75, 3.05) is 6.54 Å². The summed E-state index contributed by atoms with van der Waals surface area (Å²) in [4.78, 5) is 32.0. The minimum atomic E-state index is -0.191. The predicted molar refractivity (Wildman–Crippen MR) is 86.7 cm³/mol. The molecule has 2 aromatic rings. The smallest absolute Gasteiger partial charge is 0.253 e. The normalized spacial score (nSPS) is 17.1. The summed E-state index contributed by atoms with van der Waals surface area (Å²) >= 11 is 1.77. The van der Waals surface area contributed by atoms with E-state index in [0.29, 0.717) is 23.6 Å². The second-order valence-corrected chi connectivity index (χ2v) is 7.02. The fraction of sp³-hybridized carbons (Fsp3) is 0.438. The Balaban J connectivity index is 1.70. The largest absolute Gasteiger partial charge is 0.351 e. The van der Waals surface area contributed by atoms with Gasteiger partial charge in [-0.2, -0.15) is 0 Å². The van der Waals surface area contributed by atoms with Crippen LogP contribution >= 0.6 is 11.3 Å². The molecule has 2 aromatic heterocycles. The molecule has 5 nitrogen and oxygen atoms in total. The minimum absolute atomic E-state index is 0.146. The number of carbonyl (C=O) groups is 1. The lowest BCUT2D eigenvalue weighted by molar-refractivity contribution is 0.0949. The SMILES string of the molecule is Cc1nc2c(s1)CCC[C@H]2CNC(=O)c1c[nH]c(=O)cc1C. The van der Waals surface area contributed by atoms with E-state index in [1.54, 1.807) is 18.3 Å². The number of hydrogen-bond donors (Lipinski definition) is 2. The number of nitrogens with one attached hydrogen (secondary N) is 2.